The summed E-state index contributed by atoms with van der Waals surface area (Å²) < 4.78 is 16.3. The first-order valence-corrected chi connectivity index (χ1v) is 12.3. The predicted octanol–water partition coefficient (Wildman–Crippen LogP) is 2.79. The first kappa shape index (κ1) is 24.7. The molecule has 0 bridgehead atoms. The van der Waals surface area contributed by atoms with Gasteiger partial charge in [-0.2, -0.15) is 5.26 Å². The number of anilines is 1. The number of nitrogens with zero attached hydrogens (tertiary/aromatic N) is 5. The molecular weight excluding hydrogens is 499 g/mol. The molecule has 0 aliphatic carbocycles. The van der Waals surface area contributed by atoms with Gasteiger partial charge in [-0.25, -0.2) is 13.8 Å². The van der Waals surface area contributed by atoms with Crippen LogP contribution < -0.4 is 21.5 Å². The van der Waals surface area contributed by atoms with Gasteiger partial charge in [0.05, 0.1) is 34.0 Å². The summed E-state index contributed by atoms with van der Waals surface area (Å²) in [4.78, 5) is 46.3. The van der Waals surface area contributed by atoms with Gasteiger partial charge in [-0.15, -0.1) is 0 Å². The summed E-state index contributed by atoms with van der Waals surface area (Å²) in [6.45, 7) is 2.88. The zero-order valence-corrected chi connectivity index (χ0v) is 20.9. The van der Waals surface area contributed by atoms with Crippen LogP contribution in [0.5, 0.6) is 0 Å². The molecule has 2 aliphatic heterocycles. The van der Waals surface area contributed by atoms with Crippen molar-refractivity contribution in [1.82, 2.24) is 19.4 Å². The van der Waals surface area contributed by atoms with Crippen molar-refractivity contribution in [2.24, 2.45) is 5.41 Å². The van der Waals surface area contributed by atoms with Crippen molar-refractivity contribution in [3.63, 3.8) is 0 Å². The lowest BCUT2D eigenvalue weighted by atomic mass is 9.77. The minimum Gasteiger partial charge on any atom is -0.357 e. The number of amides is 1. The molecular formula is C26H24ClFN6O3. The Morgan fingerprint density at radius 3 is 2.54 bits per heavy atom. The van der Waals surface area contributed by atoms with Crippen molar-refractivity contribution in [3.8, 4) is 22.9 Å². The van der Waals surface area contributed by atoms with Crippen molar-refractivity contribution in [1.29, 1.82) is 5.26 Å². The maximum atomic E-state index is 14.1. The van der Waals surface area contributed by atoms with Crippen LogP contribution in [0.25, 0.3) is 16.8 Å². The number of halogens is 2. The number of pyridine rings is 1. The van der Waals surface area contributed by atoms with E-state index in [9.17, 15) is 24.0 Å². The van der Waals surface area contributed by atoms with E-state index in [-0.39, 0.29) is 34.5 Å². The van der Waals surface area contributed by atoms with Gasteiger partial charge in [0.1, 0.15) is 18.2 Å². The van der Waals surface area contributed by atoms with Crippen LogP contribution in [-0.2, 0) is 11.3 Å². The predicted molar refractivity (Wildman–Crippen MR) is 136 cm³/mol. The van der Waals surface area contributed by atoms with Crippen molar-refractivity contribution in [2.75, 3.05) is 24.5 Å². The first-order chi connectivity index (χ1) is 17.8. The third-order valence-electron chi connectivity index (χ3n) is 7.27. The van der Waals surface area contributed by atoms with E-state index < -0.39 is 22.5 Å². The average molecular weight is 523 g/mol. The van der Waals surface area contributed by atoms with Gasteiger partial charge in [-0.05, 0) is 55.5 Å². The second-order valence-electron chi connectivity index (χ2n) is 9.49. The van der Waals surface area contributed by atoms with Gasteiger partial charge in [0.2, 0.25) is 5.91 Å². The molecule has 1 amide bonds. The molecule has 0 unspecified atom stereocenters. The number of hydrogen-bond acceptors (Lipinski definition) is 6. The highest BCUT2D eigenvalue weighted by Gasteiger charge is 2.45. The number of aryl methyl sites for hydroxylation is 1. The van der Waals surface area contributed by atoms with Crippen LogP contribution in [0.3, 0.4) is 0 Å². The molecule has 9 nitrogen and oxygen atoms in total. The Kier molecular flexibility index (Phi) is 6.33. The fourth-order valence-electron chi connectivity index (χ4n) is 5.32. The van der Waals surface area contributed by atoms with Crippen LogP contribution >= 0.6 is 11.6 Å². The van der Waals surface area contributed by atoms with E-state index in [4.69, 9.17) is 11.6 Å². The van der Waals surface area contributed by atoms with E-state index in [1.54, 1.807) is 19.2 Å². The lowest BCUT2D eigenvalue weighted by Gasteiger charge is -2.39. The van der Waals surface area contributed by atoms with Crippen molar-refractivity contribution < 1.29 is 9.18 Å². The second kappa shape index (κ2) is 9.48. The van der Waals surface area contributed by atoms with Gasteiger partial charge in [0.25, 0.3) is 5.56 Å². The standard InChI is InChI=1S/C26H24ClFN6O3/c1-16-12-18(15-30-14-16)34-23(35)21(17-2-3-20(28)19(27)13-17)22(33(11-7-29)25(34)37)32-9-5-26(6-10-32)4-8-31-24(26)36/h2-3,12-15H,4-6,8-11H2,1H3,(H,31,36). The van der Waals surface area contributed by atoms with Gasteiger partial charge in [-0.3, -0.25) is 19.1 Å². The zero-order valence-electron chi connectivity index (χ0n) is 20.1. The van der Waals surface area contributed by atoms with Gasteiger partial charge in [0, 0.05) is 25.8 Å². The third kappa shape index (κ3) is 4.19. The Bertz CT molecular complexity index is 1570. The van der Waals surface area contributed by atoms with E-state index >= 15 is 0 Å². The van der Waals surface area contributed by atoms with Crippen LogP contribution in [0.2, 0.25) is 5.02 Å². The molecule has 0 atom stereocenters. The van der Waals surface area contributed by atoms with Crippen molar-refractivity contribution in [3.05, 3.63) is 73.9 Å². The van der Waals surface area contributed by atoms with Crippen molar-refractivity contribution >= 4 is 23.3 Å². The van der Waals surface area contributed by atoms with Crippen LogP contribution in [0.15, 0.2) is 46.2 Å². The molecule has 2 aliphatic rings. The molecule has 5 rings (SSSR count). The summed E-state index contributed by atoms with van der Waals surface area (Å²) in [6.07, 6.45) is 4.80. The van der Waals surface area contributed by atoms with Crippen LogP contribution in [0.4, 0.5) is 10.2 Å². The number of piperidine rings is 1. The zero-order chi connectivity index (χ0) is 26.3. The van der Waals surface area contributed by atoms with Gasteiger partial charge >= 0.3 is 5.69 Å². The highest BCUT2D eigenvalue weighted by atomic mass is 35.5. The highest BCUT2D eigenvalue weighted by molar-refractivity contribution is 6.31. The van der Waals surface area contributed by atoms with E-state index in [0.717, 1.165) is 22.6 Å². The lowest BCUT2D eigenvalue weighted by Crippen LogP contribution is -2.48. The van der Waals surface area contributed by atoms with E-state index in [0.29, 0.717) is 38.0 Å². The summed E-state index contributed by atoms with van der Waals surface area (Å²) >= 11 is 6.09. The molecule has 2 saturated heterocycles. The molecule has 2 fully saturated rings. The topological polar surface area (TPSA) is 113 Å². The third-order valence-corrected chi connectivity index (χ3v) is 7.55. The SMILES string of the molecule is Cc1cncc(-n2c(=O)c(-c3ccc(F)c(Cl)c3)c(N3CCC4(CCNC4=O)CC3)n(CC#N)c2=O)c1. The van der Waals surface area contributed by atoms with Gasteiger partial charge < -0.3 is 10.2 Å². The molecule has 37 heavy (non-hydrogen) atoms. The second-order valence-corrected chi connectivity index (χ2v) is 9.90. The number of carbonyl (C=O) groups is 1. The van der Waals surface area contributed by atoms with E-state index in [1.165, 1.54) is 22.9 Å². The van der Waals surface area contributed by atoms with E-state index in [2.05, 4.69) is 10.3 Å². The van der Waals surface area contributed by atoms with Crippen LogP contribution in [0.1, 0.15) is 24.8 Å². The number of nitrogens with one attached hydrogen (secondary N) is 1. The Morgan fingerprint density at radius 2 is 1.92 bits per heavy atom. The molecule has 1 spiro atoms. The fourth-order valence-corrected chi connectivity index (χ4v) is 5.50. The number of aromatic nitrogens is 3. The Balaban J connectivity index is 1.76. The molecule has 0 radical (unpaired) electrons. The van der Waals surface area contributed by atoms with E-state index in [1.807, 2.05) is 11.0 Å². The maximum absolute atomic E-state index is 14.1. The molecule has 1 N–H and O–H groups in total. The molecule has 0 saturated carbocycles. The first-order valence-electron chi connectivity index (χ1n) is 11.9. The molecule has 190 valence electrons. The summed E-state index contributed by atoms with van der Waals surface area (Å²) in [7, 11) is 0. The molecule has 4 heterocycles. The summed E-state index contributed by atoms with van der Waals surface area (Å²) in [6, 6.07) is 7.60. The lowest BCUT2D eigenvalue weighted by molar-refractivity contribution is -0.128. The molecule has 11 heteroatoms. The Hall–Kier alpha value is -3.97. The van der Waals surface area contributed by atoms with Crippen LogP contribution in [-0.4, -0.2) is 39.7 Å². The smallest absolute Gasteiger partial charge is 0.338 e. The number of nitriles is 1. The minimum absolute atomic E-state index is 0.0227. The molecule has 1 aromatic carbocycles. The van der Waals surface area contributed by atoms with Gasteiger partial charge in [0.15, 0.2) is 0 Å². The largest absolute Gasteiger partial charge is 0.357 e. The normalized spacial score (nSPS) is 16.6. The van der Waals surface area contributed by atoms with Gasteiger partial charge in [-0.1, -0.05) is 17.7 Å². The molecule has 2 aromatic heterocycles. The summed E-state index contributed by atoms with van der Waals surface area (Å²) in [5.74, 6) is -0.369. The monoisotopic (exact) mass is 522 g/mol. The Morgan fingerprint density at radius 1 is 1.16 bits per heavy atom. The number of hydrogen-bond donors (Lipinski definition) is 1. The Labute approximate surface area is 216 Å². The minimum atomic E-state index is -0.690. The molecule has 3 aromatic rings. The summed E-state index contributed by atoms with van der Waals surface area (Å²) in [5.41, 5.74) is -0.382. The number of benzene rings is 1. The number of rotatable bonds is 4. The fraction of sp³-hybridized carbons (Fsp3) is 0.346. The van der Waals surface area contributed by atoms with Crippen LogP contribution in [0, 0.1) is 29.5 Å². The average Bonchev–Trinajstić information content (AvgIpc) is 3.22. The number of carbonyl (C=O) groups excluding carboxylic acids is 1. The maximum Gasteiger partial charge on any atom is 0.338 e. The quantitative estimate of drug-likeness (QED) is 0.564. The van der Waals surface area contributed by atoms with Crippen molar-refractivity contribution in [2.45, 2.75) is 32.7 Å². The highest BCUT2D eigenvalue weighted by Crippen LogP contribution is 2.40. The summed E-state index contributed by atoms with van der Waals surface area (Å²) in [5, 5.41) is 12.4.